The van der Waals surface area contributed by atoms with Gasteiger partial charge in [0.1, 0.15) is 6.04 Å². The SMILES string of the molecule is N[C@H](CSCC(=O)N1CCOCC1)C(=O)O. The van der Waals surface area contributed by atoms with Crippen molar-refractivity contribution in [3.63, 3.8) is 0 Å². The lowest BCUT2D eigenvalue weighted by Crippen LogP contribution is -2.42. The number of thioether (sulfide) groups is 1. The molecule has 1 atom stereocenters. The Balaban J connectivity index is 2.16. The monoisotopic (exact) mass is 248 g/mol. The molecule has 0 saturated carbocycles. The summed E-state index contributed by atoms with van der Waals surface area (Å²) in [7, 11) is 0. The average molecular weight is 248 g/mol. The molecule has 0 unspecified atom stereocenters. The Bertz CT molecular complexity index is 256. The Hall–Kier alpha value is -0.790. The third-order valence-corrected chi connectivity index (χ3v) is 3.25. The van der Waals surface area contributed by atoms with E-state index in [1.807, 2.05) is 0 Å². The molecule has 7 heteroatoms. The van der Waals surface area contributed by atoms with Crippen LogP contribution in [0.4, 0.5) is 0 Å². The molecule has 1 aliphatic rings. The van der Waals surface area contributed by atoms with Gasteiger partial charge < -0.3 is 20.5 Å². The number of aliphatic carboxylic acids is 1. The molecule has 0 aliphatic carbocycles. The lowest BCUT2D eigenvalue weighted by molar-refractivity contribution is -0.138. The Morgan fingerprint density at radius 1 is 1.44 bits per heavy atom. The summed E-state index contributed by atoms with van der Waals surface area (Å²) < 4.78 is 5.13. The van der Waals surface area contributed by atoms with Gasteiger partial charge in [0.05, 0.1) is 19.0 Å². The molecule has 0 aromatic rings. The predicted molar refractivity (Wildman–Crippen MR) is 60.3 cm³/mol. The number of ether oxygens (including phenoxy) is 1. The van der Waals surface area contributed by atoms with Gasteiger partial charge in [0.25, 0.3) is 0 Å². The minimum absolute atomic E-state index is 0.0193. The zero-order chi connectivity index (χ0) is 12.0. The Morgan fingerprint density at radius 2 is 2.06 bits per heavy atom. The standard InChI is InChI=1S/C9H16N2O4S/c10-7(9(13)14)5-16-6-8(12)11-1-3-15-4-2-11/h7H,1-6,10H2,(H,13,14)/t7-/m1/s1. The van der Waals surface area contributed by atoms with Crippen LogP contribution in [0.15, 0.2) is 0 Å². The first kappa shape index (κ1) is 13.3. The number of carbonyl (C=O) groups excluding carboxylic acids is 1. The second-order valence-corrected chi connectivity index (χ2v) is 4.48. The van der Waals surface area contributed by atoms with Gasteiger partial charge in [0, 0.05) is 18.8 Å². The van der Waals surface area contributed by atoms with Crippen molar-refractivity contribution in [1.82, 2.24) is 4.90 Å². The number of rotatable bonds is 5. The van der Waals surface area contributed by atoms with Gasteiger partial charge in [-0.25, -0.2) is 0 Å². The maximum Gasteiger partial charge on any atom is 0.321 e. The molecule has 0 bridgehead atoms. The van der Waals surface area contributed by atoms with E-state index in [1.54, 1.807) is 4.90 Å². The summed E-state index contributed by atoms with van der Waals surface area (Å²) >= 11 is 1.25. The number of carbonyl (C=O) groups is 2. The second kappa shape index (κ2) is 6.72. The molecule has 1 fully saturated rings. The number of amides is 1. The minimum Gasteiger partial charge on any atom is -0.480 e. The molecule has 1 heterocycles. The summed E-state index contributed by atoms with van der Waals surface area (Å²) in [6, 6.07) is -0.900. The summed E-state index contributed by atoms with van der Waals surface area (Å²) in [5.74, 6) is -0.482. The van der Waals surface area contributed by atoms with Gasteiger partial charge in [-0.2, -0.15) is 0 Å². The van der Waals surface area contributed by atoms with Crippen molar-refractivity contribution < 1.29 is 19.4 Å². The van der Waals surface area contributed by atoms with Gasteiger partial charge in [-0.1, -0.05) is 0 Å². The molecule has 0 spiro atoms. The number of nitrogens with zero attached hydrogens (tertiary/aromatic N) is 1. The number of hydrogen-bond acceptors (Lipinski definition) is 5. The quantitative estimate of drug-likeness (QED) is 0.647. The topological polar surface area (TPSA) is 92.9 Å². The summed E-state index contributed by atoms with van der Waals surface area (Å²) in [6.45, 7) is 2.38. The molecule has 16 heavy (non-hydrogen) atoms. The highest BCUT2D eigenvalue weighted by atomic mass is 32.2. The number of morpholine rings is 1. The van der Waals surface area contributed by atoms with E-state index in [2.05, 4.69) is 0 Å². The Labute approximate surface area is 98.1 Å². The fourth-order valence-corrected chi connectivity index (χ4v) is 2.12. The molecule has 1 saturated heterocycles. The second-order valence-electron chi connectivity index (χ2n) is 3.45. The highest BCUT2D eigenvalue weighted by Crippen LogP contribution is 2.06. The third kappa shape index (κ3) is 4.38. The van der Waals surface area contributed by atoms with Gasteiger partial charge in [0.15, 0.2) is 0 Å². The van der Waals surface area contributed by atoms with E-state index in [9.17, 15) is 9.59 Å². The van der Waals surface area contributed by atoms with E-state index in [4.69, 9.17) is 15.6 Å². The van der Waals surface area contributed by atoms with Gasteiger partial charge >= 0.3 is 5.97 Å². The first-order valence-corrected chi connectivity index (χ1v) is 6.18. The molecule has 0 radical (unpaired) electrons. The molecule has 1 amide bonds. The molecule has 1 aliphatic heterocycles. The lowest BCUT2D eigenvalue weighted by Gasteiger charge is -2.26. The van der Waals surface area contributed by atoms with Crippen LogP contribution in [0.1, 0.15) is 0 Å². The van der Waals surface area contributed by atoms with E-state index in [1.165, 1.54) is 11.8 Å². The van der Waals surface area contributed by atoms with Crippen LogP contribution >= 0.6 is 11.8 Å². The first-order valence-electron chi connectivity index (χ1n) is 5.03. The van der Waals surface area contributed by atoms with Crippen LogP contribution in [-0.4, -0.2) is 65.7 Å². The van der Waals surface area contributed by atoms with Crippen molar-refractivity contribution in [3.8, 4) is 0 Å². The van der Waals surface area contributed by atoms with Crippen molar-refractivity contribution in [3.05, 3.63) is 0 Å². The molecular formula is C9H16N2O4S. The smallest absolute Gasteiger partial charge is 0.321 e. The average Bonchev–Trinajstić information content (AvgIpc) is 2.29. The Kier molecular flexibility index (Phi) is 5.58. The Morgan fingerprint density at radius 3 is 2.62 bits per heavy atom. The first-order chi connectivity index (χ1) is 7.61. The van der Waals surface area contributed by atoms with E-state index >= 15 is 0 Å². The predicted octanol–water partition coefficient (Wildman–Crippen LogP) is -1.01. The van der Waals surface area contributed by atoms with Crippen LogP contribution in [0.3, 0.4) is 0 Å². The molecule has 6 nitrogen and oxygen atoms in total. The van der Waals surface area contributed by atoms with Crippen molar-refractivity contribution in [2.24, 2.45) is 5.73 Å². The molecule has 3 N–H and O–H groups in total. The van der Waals surface area contributed by atoms with Crippen LogP contribution in [0.2, 0.25) is 0 Å². The van der Waals surface area contributed by atoms with Gasteiger partial charge in [0.2, 0.25) is 5.91 Å². The molecular weight excluding hydrogens is 232 g/mol. The zero-order valence-electron chi connectivity index (χ0n) is 8.92. The fraction of sp³-hybridized carbons (Fsp3) is 0.778. The van der Waals surface area contributed by atoms with Crippen LogP contribution in [0, 0.1) is 0 Å². The number of nitrogens with two attached hydrogens (primary N) is 1. The van der Waals surface area contributed by atoms with Crippen molar-refractivity contribution in [1.29, 1.82) is 0 Å². The van der Waals surface area contributed by atoms with Crippen LogP contribution in [0.5, 0.6) is 0 Å². The van der Waals surface area contributed by atoms with Gasteiger partial charge in [-0.3, -0.25) is 9.59 Å². The zero-order valence-corrected chi connectivity index (χ0v) is 9.74. The van der Waals surface area contributed by atoms with Crippen LogP contribution in [-0.2, 0) is 14.3 Å². The highest BCUT2D eigenvalue weighted by Gasteiger charge is 2.18. The largest absolute Gasteiger partial charge is 0.480 e. The van der Waals surface area contributed by atoms with Gasteiger partial charge in [-0.15, -0.1) is 11.8 Å². The fourth-order valence-electron chi connectivity index (χ4n) is 1.25. The van der Waals surface area contributed by atoms with E-state index in [-0.39, 0.29) is 17.4 Å². The van der Waals surface area contributed by atoms with Crippen LogP contribution in [0.25, 0.3) is 0 Å². The third-order valence-electron chi connectivity index (χ3n) is 2.20. The molecule has 0 aromatic carbocycles. The van der Waals surface area contributed by atoms with Gasteiger partial charge in [-0.05, 0) is 0 Å². The minimum atomic E-state index is -1.04. The summed E-state index contributed by atoms with van der Waals surface area (Å²) in [5.41, 5.74) is 5.32. The number of carboxylic acids is 1. The molecule has 1 rings (SSSR count). The maximum atomic E-state index is 11.6. The molecule has 92 valence electrons. The summed E-state index contributed by atoms with van der Waals surface area (Å²) in [6.07, 6.45) is 0. The van der Waals surface area contributed by atoms with Crippen molar-refractivity contribution in [2.45, 2.75) is 6.04 Å². The number of carboxylic acid groups (broad SMARTS) is 1. The molecule has 0 aromatic heterocycles. The van der Waals surface area contributed by atoms with E-state index in [0.717, 1.165) is 0 Å². The normalized spacial score (nSPS) is 18.2. The number of hydrogen-bond donors (Lipinski definition) is 2. The van der Waals surface area contributed by atoms with Crippen molar-refractivity contribution in [2.75, 3.05) is 37.8 Å². The van der Waals surface area contributed by atoms with Crippen molar-refractivity contribution >= 4 is 23.6 Å². The maximum absolute atomic E-state index is 11.6. The van der Waals surface area contributed by atoms with E-state index in [0.29, 0.717) is 26.3 Å². The van der Waals surface area contributed by atoms with E-state index < -0.39 is 12.0 Å². The highest BCUT2D eigenvalue weighted by molar-refractivity contribution is 8.00. The van der Waals surface area contributed by atoms with Crippen LogP contribution < -0.4 is 5.73 Å². The summed E-state index contributed by atoms with van der Waals surface area (Å²) in [4.78, 5) is 23.8. The lowest BCUT2D eigenvalue weighted by atomic mass is 10.4. The summed E-state index contributed by atoms with van der Waals surface area (Å²) in [5, 5.41) is 8.55.